The second-order valence-corrected chi connectivity index (χ2v) is 7.07. The first-order valence-electron chi connectivity index (χ1n) is 8.94. The molecule has 1 aliphatic carbocycles. The summed E-state index contributed by atoms with van der Waals surface area (Å²) in [5.74, 6) is 0.351. The molecule has 0 unspecified atom stereocenters. The number of nitrogens with one attached hydrogen (secondary N) is 2. The minimum Gasteiger partial charge on any atom is -0.348 e. The van der Waals surface area contributed by atoms with Crippen LogP contribution in [0.25, 0.3) is 0 Å². The van der Waals surface area contributed by atoms with Crippen LogP contribution in [0.1, 0.15) is 58.6 Å². The first kappa shape index (κ1) is 17.4. The van der Waals surface area contributed by atoms with Gasteiger partial charge in [-0.05, 0) is 57.7 Å². The fraction of sp³-hybridized carbons (Fsp3) is 0.450. The highest BCUT2D eigenvalue weighted by molar-refractivity contribution is 5.93. The predicted molar refractivity (Wildman–Crippen MR) is 100 cm³/mol. The zero-order chi connectivity index (χ0) is 18.0. The van der Waals surface area contributed by atoms with E-state index in [0.29, 0.717) is 11.6 Å². The van der Waals surface area contributed by atoms with Gasteiger partial charge in [0.25, 0.3) is 5.91 Å². The van der Waals surface area contributed by atoms with Gasteiger partial charge in [-0.25, -0.2) is 9.97 Å². The lowest BCUT2D eigenvalue weighted by Crippen LogP contribution is -2.33. The van der Waals surface area contributed by atoms with E-state index in [9.17, 15) is 4.79 Å². The third-order valence-electron chi connectivity index (χ3n) is 4.69. The van der Waals surface area contributed by atoms with E-state index in [1.165, 1.54) is 18.4 Å². The molecule has 5 nitrogen and oxygen atoms in total. The summed E-state index contributed by atoms with van der Waals surface area (Å²) in [6.45, 7) is 8.09. The summed E-state index contributed by atoms with van der Waals surface area (Å²) in [6, 6.07) is 6.27. The Morgan fingerprint density at radius 2 is 1.64 bits per heavy atom. The molecule has 1 saturated carbocycles. The standard InChI is InChI=1S/C20H26N4O/c1-12-9-13(2)18(14(3)10-12)24-20-21-15(4)11-17(23-20)19(25)22-16-7-5-6-8-16/h9-11,16H,5-8H2,1-4H3,(H,22,25)(H,21,23,24). The molecule has 1 heterocycles. The summed E-state index contributed by atoms with van der Waals surface area (Å²) < 4.78 is 0. The number of carbonyl (C=O) groups is 1. The smallest absolute Gasteiger partial charge is 0.270 e. The number of anilines is 2. The van der Waals surface area contributed by atoms with Crippen molar-refractivity contribution in [3.05, 3.63) is 46.3 Å². The molecule has 2 aromatic rings. The van der Waals surface area contributed by atoms with Gasteiger partial charge in [0, 0.05) is 17.4 Å². The molecule has 2 N–H and O–H groups in total. The number of amides is 1. The van der Waals surface area contributed by atoms with E-state index >= 15 is 0 Å². The average molecular weight is 338 g/mol. The summed E-state index contributed by atoms with van der Waals surface area (Å²) in [5.41, 5.74) is 5.70. The summed E-state index contributed by atoms with van der Waals surface area (Å²) in [6.07, 6.45) is 4.49. The minimum absolute atomic E-state index is 0.113. The molecule has 5 heteroatoms. The molecule has 1 aliphatic rings. The normalized spacial score (nSPS) is 14.6. The molecule has 0 bridgehead atoms. The fourth-order valence-electron chi connectivity index (χ4n) is 3.56. The van der Waals surface area contributed by atoms with Crippen LogP contribution in [0, 0.1) is 27.7 Å². The Morgan fingerprint density at radius 1 is 1.00 bits per heavy atom. The van der Waals surface area contributed by atoms with Gasteiger partial charge in [0.1, 0.15) is 5.69 Å². The maximum Gasteiger partial charge on any atom is 0.270 e. The lowest BCUT2D eigenvalue weighted by Gasteiger charge is -2.15. The number of carbonyl (C=O) groups excluding carboxylic acids is 1. The number of aryl methyl sites for hydroxylation is 4. The van der Waals surface area contributed by atoms with Crippen LogP contribution in [0.5, 0.6) is 0 Å². The summed E-state index contributed by atoms with van der Waals surface area (Å²) in [7, 11) is 0. The number of benzene rings is 1. The van der Waals surface area contributed by atoms with Crippen molar-refractivity contribution in [3.8, 4) is 0 Å². The largest absolute Gasteiger partial charge is 0.348 e. The van der Waals surface area contributed by atoms with Crippen LogP contribution >= 0.6 is 0 Å². The van der Waals surface area contributed by atoms with Crippen LogP contribution in [0.3, 0.4) is 0 Å². The molecule has 0 radical (unpaired) electrons. The van der Waals surface area contributed by atoms with Crippen molar-refractivity contribution < 1.29 is 4.79 Å². The molecule has 25 heavy (non-hydrogen) atoms. The van der Waals surface area contributed by atoms with E-state index in [-0.39, 0.29) is 11.9 Å². The maximum absolute atomic E-state index is 12.5. The Kier molecular flexibility index (Phi) is 5.02. The molecule has 3 rings (SSSR count). The third-order valence-corrected chi connectivity index (χ3v) is 4.69. The van der Waals surface area contributed by atoms with E-state index in [0.717, 1.165) is 35.3 Å². The quantitative estimate of drug-likeness (QED) is 0.880. The fourth-order valence-corrected chi connectivity index (χ4v) is 3.56. The molecule has 0 saturated heterocycles. The van der Waals surface area contributed by atoms with Crippen molar-refractivity contribution in [2.75, 3.05) is 5.32 Å². The van der Waals surface area contributed by atoms with Gasteiger partial charge in [0.15, 0.2) is 0 Å². The molecule has 0 spiro atoms. The first-order chi connectivity index (χ1) is 11.9. The molecule has 1 aromatic heterocycles. The highest BCUT2D eigenvalue weighted by Gasteiger charge is 2.19. The van der Waals surface area contributed by atoms with Crippen LogP contribution in [-0.4, -0.2) is 21.9 Å². The number of rotatable bonds is 4. The second kappa shape index (κ2) is 7.21. The van der Waals surface area contributed by atoms with E-state index in [2.05, 4.69) is 53.5 Å². The predicted octanol–water partition coefficient (Wildman–Crippen LogP) is 4.13. The van der Waals surface area contributed by atoms with Crippen molar-refractivity contribution in [1.82, 2.24) is 15.3 Å². The van der Waals surface area contributed by atoms with Gasteiger partial charge in [-0.3, -0.25) is 4.79 Å². The van der Waals surface area contributed by atoms with E-state index in [4.69, 9.17) is 0 Å². The Labute approximate surface area is 149 Å². The van der Waals surface area contributed by atoms with Crippen LogP contribution in [0.4, 0.5) is 11.6 Å². The van der Waals surface area contributed by atoms with Crippen molar-refractivity contribution in [2.45, 2.75) is 59.4 Å². The Morgan fingerprint density at radius 3 is 2.28 bits per heavy atom. The average Bonchev–Trinajstić information content (AvgIpc) is 3.03. The Hall–Kier alpha value is -2.43. The van der Waals surface area contributed by atoms with Crippen LogP contribution in [0.2, 0.25) is 0 Å². The molecular formula is C20H26N4O. The summed E-state index contributed by atoms with van der Waals surface area (Å²) in [5, 5.41) is 6.38. The number of nitrogens with zero attached hydrogens (tertiary/aromatic N) is 2. The van der Waals surface area contributed by atoms with E-state index < -0.39 is 0 Å². The second-order valence-electron chi connectivity index (χ2n) is 7.07. The number of hydrogen-bond acceptors (Lipinski definition) is 4. The number of aromatic nitrogens is 2. The number of hydrogen-bond donors (Lipinski definition) is 2. The third kappa shape index (κ3) is 4.16. The van der Waals surface area contributed by atoms with Crippen molar-refractivity contribution in [2.24, 2.45) is 0 Å². The molecule has 1 fully saturated rings. The maximum atomic E-state index is 12.5. The molecular weight excluding hydrogens is 312 g/mol. The summed E-state index contributed by atoms with van der Waals surface area (Å²) >= 11 is 0. The lowest BCUT2D eigenvalue weighted by molar-refractivity contribution is 0.0932. The zero-order valence-corrected chi connectivity index (χ0v) is 15.4. The topological polar surface area (TPSA) is 66.9 Å². The van der Waals surface area contributed by atoms with Gasteiger partial charge in [0.2, 0.25) is 5.95 Å². The highest BCUT2D eigenvalue weighted by atomic mass is 16.1. The van der Waals surface area contributed by atoms with Gasteiger partial charge in [0.05, 0.1) is 0 Å². The van der Waals surface area contributed by atoms with Gasteiger partial charge < -0.3 is 10.6 Å². The van der Waals surface area contributed by atoms with Gasteiger partial charge in [-0.2, -0.15) is 0 Å². The zero-order valence-electron chi connectivity index (χ0n) is 15.4. The van der Waals surface area contributed by atoms with Crippen molar-refractivity contribution in [3.63, 3.8) is 0 Å². The van der Waals surface area contributed by atoms with Crippen LogP contribution in [-0.2, 0) is 0 Å². The molecule has 0 atom stereocenters. The molecule has 0 aliphatic heterocycles. The van der Waals surface area contributed by atoms with E-state index in [1.807, 2.05) is 6.92 Å². The van der Waals surface area contributed by atoms with Crippen LogP contribution in [0.15, 0.2) is 18.2 Å². The Balaban J connectivity index is 1.83. The highest BCUT2D eigenvalue weighted by Crippen LogP contribution is 2.25. The van der Waals surface area contributed by atoms with Gasteiger partial charge >= 0.3 is 0 Å². The molecule has 132 valence electrons. The minimum atomic E-state index is -0.113. The van der Waals surface area contributed by atoms with E-state index in [1.54, 1.807) is 6.07 Å². The van der Waals surface area contributed by atoms with Crippen molar-refractivity contribution in [1.29, 1.82) is 0 Å². The Bertz CT molecular complexity index is 771. The summed E-state index contributed by atoms with van der Waals surface area (Å²) in [4.78, 5) is 21.4. The van der Waals surface area contributed by atoms with Crippen LogP contribution < -0.4 is 10.6 Å². The molecule has 1 amide bonds. The van der Waals surface area contributed by atoms with Gasteiger partial charge in [-0.15, -0.1) is 0 Å². The molecule has 1 aromatic carbocycles. The van der Waals surface area contributed by atoms with Gasteiger partial charge in [-0.1, -0.05) is 30.5 Å². The lowest BCUT2D eigenvalue weighted by atomic mass is 10.1. The SMILES string of the molecule is Cc1cc(C)c(Nc2nc(C)cc(C(=O)NC3CCCC3)n2)c(C)c1. The first-order valence-corrected chi connectivity index (χ1v) is 8.94. The monoisotopic (exact) mass is 338 g/mol. The van der Waals surface area contributed by atoms with Crippen molar-refractivity contribution >= 4 is 17.5 Å².